The topological polar surface area (TPSA) is 0 Å². The quantitative estimate of drug-likeness (QED) is 0.598. The predicted molar refractivity (Wildman–Crippen MR) is 50.0 cm³/mol. The Bertz CT molecular complexity index is 287. The summed E-state index contributed by atoms with van der Waals surface area (Å²) in [7, 11) is 0. The van der Waals surface area contributed by atoms with Crippen molar-refractivity contribution in [3.05, 3.63) is 34.6 Å². The van der Waals surface area contributed by atoms with E-state index in [1.165, 1.54) is 5.56 Å². The predicted octanol–water partition coefficient (Wildman–Crippen LogP) is 3.57. The minimum atomic E-state index is -0.123. The second kappa shape index (κ2) is 3.26. The molecule has 0 aromatic heterocycles. The first-order valence-corrected chi connectivity index (χ1v) is 4.29. The summed E-state index contributed by atoms with van der Waals surface area (Å²) in [5, 5.41) is 0. The summed E-state index contributed by atoms with van der Waals surface area (Å²) in [6.45, 7) is 8.16. The van der Waals surface area contributed by atoms with E-state index in [4.69, 9.17) is 0 Å². The SMILES string of the molecule is Cc1cc(F)cc(C(C)C)c1C. The van der Waals surface area contributed by atoms with Crippen LogP contribution in [0, 0.1) is 19.7 Å². The second-order valence-electron chi connectivity index (χ2n) is 3.59. The van der Waals surface area contributed by atoms with E-state index in [-0.39, 0.29) is 5.82 Å². The van der Waals surface area contributed by atoms with Crippen molar-refractivity contribution in [2.45, 2.75) is 33.6 Å². The van der Waals surface area contributed by atoms with Crippen molar-refractivity contribution in [1.29, 1.82) is 0 Å². The molecule has 66 valence electrons. The summed E-state index contributed by atoms with van der Waals surface area (Å²) in [6, 6.07) is 3.22. The van der Waals surface area contributed by atoms with E-state index >= 15 is 0 Å². The number of rotatable bonds is 1. The van der Waals surface area contributed by atoms with Crippen LogP contribution in [-0.2, 0) is 0 Å². The summed E-state index contributed by atoms with van der Waals surface area (Å²) in [4.78, 5) is 0. The lowest BCUT2D eigenvalue weighted by Crippen LogP contribution is -1.96. The van der Waals surface area contributed by atoms with E-state index in [2.05, 4.69) is 13.8 Å². The van der Waals surface area contributed by atoms with E-state index < -0.39 is 0 Å². The number of halogens is 1. The zero-order valence-corrected chi connectivity index (χ0v) is 8.11. The molecule has 0 aliphatic heterocycles. The lowest BCUT2D eigenvalue weighted by atomic mass is 9.95. The van der Waals surface area contributed by atoms with E-state index in [1.807, 2.05) is 13.8 Å². The van der Waals surface area contributed by atoms with E-state index in [1.54, 1.807) is 12.1 Å². The third-order valence-corrected chi connectivity index (χ3v) is 2.29. The van der Waals surface area contributed by atoms with Crippen LogP contribution in [0.5, 0.6) is 0 Å². The van der Waals surface area contributed by atoms with E-state index in [0.29, 0.717) is 5.92 Å². The summed E-state index contributed by atoms with van der Waals surface area (Å²) < 4.78 is 13.0. The minimum Gasteiger partial charge on any atom is -0.207 e. The van der Waals surface area contributed by atoms with Crippen molar-refractivity contribution in [1.82, 2.24) is 0 Å². The van der Waals surface area contributed by atoms with Gasteiger partial charge < -0.3 is 0 Å². The Morgan fingerprint density at radius 3 is 2.25 bits per heavy atom. The van der Waals surface area contributed by atoms with Gasteiger partial charge in [0.1, 0.15) is 5.82 Å². The molecule has 1 aromatic rings. The number of hydrogen-bond donors (Lipinski definition) is 0. The van der Waals surface area contributed by atoms with E-state index in [0.717, 1.165) is 11.1 Å². The van der Waals surface area contributed by atoms with Gasteiger partial charge in [0.2, 0.25) is 0 Å². The van der Waals surface area contributed by atoms with Crippen LogP contribution in [0.2, 0.25) is 0 Å². The maximum absolute atomic E-state index is 13.0. The molecule has 0 atom stereocenters. The van der Waals surface area contributed by atoms with Gasteiger partial charge in [0, 0.05) is 0 Å². The molecule has 0 unspecified atom stereocenters. The van der Waals surface area contributed by atoms with Crippen LogP contribution in [0.4, 0.5) is 4.39 Å². The Kier molecular flexibility index (Phi) is 2.51. The molecule has 0 N–H and O–H groups in total. The van der Waals surface area contributed by atoms with Crippen LogP contribution in [0.3, 0.4) is 0 Å². The van der Waals surface area contributed by atoms with Crippen molar-refractivity contribution < 1.29 is 4.39 Å². The van der Waals surface area contributed by atoms with Crippen LogP contribution < -0.4 is 0 Å². The van der Waals surface area contributed by atoms with Crippen molar-refractivity contribution >= 4 is 0 Å². The maximum Gasteiger partial charge on any atom is 0.123 e. The first kappa shape index (κ1) is 9.24. The minimum absolute atomic E-state index is 0.123. The molecule has 0 nitrogen and oxygen atoms in total. The van der Waals surface area contributed by atoms with Gasteiger partial charge in [-0.05, 0) is 48.6 Å². The molecule has 0 radical (unpaired) electrons. The highest BCUT2D eigenvalue weighted by atomic mass is 19.1. The fraction of sp³-hybridized carbons (Fsp3) is 0.455. The van der Waals surface area contributed by atoms with Gasteiger partial charge in [-0.25, -0.2) is 4.39 Å². The van der Waals surface area contributed by atoms with Crippen molar-refractivity contribution in [2.24, 2.45) is 0 Å². The standard InChI is InChI=1S/C11H15F/c1-7(2)11-6-10(12)5-8(3)9(11)4/h5-7H,1-4H3. The highest BCUT2D eigenvalue weighted by Gasteiger charge is 2.06. The molecule has 0 aliphatic carbocycles. The van der Waals surface area contributed by atoms with Crippen LogP contribution in [0.1, 0.15) is 36.5 Å². The number of aryl methyl sites for hydroxylation is 1. The number of benzene rings is 1. The smallest absolute Gasteiger partial charge is 0.123 e. The summed E-state index contributed by atoms with van der Waals surface area (Å²) >= 11 is 0. The molecule has 1 rings (SSSR count). The molecular formula is C11H15F. The Labute approximate surface area is 73.4 Å². The Hall–Kier alpha value is -0.850. The monoisotopic (exact) mass is 166 g/mol. The molecule has 0 amide bonds. The molecule has 0 aliphatic rings. The van der Waals surface area contributed by atoms with E-state index in [9.17, 15) is 4.39 Å². The van der Waals surface area contributed by atoms with Crippen molar-refractivity contribution in [3.8, 4) is 0 Å². The van der Waals surface area contributed by atoms with Gasteiger partial charge in [0.25, 0.3) is 0 Å². The first-order valence-electron chi connectivity index (χ1n) is 4.29. The fourth-order valence-electron chi connectivity index (χ4n) is 1.44. The van der Waals surface area contributed by atoms with Gasteiger partial charge in [-0.1, -0.05) is 13.8 Å². The summed E-state index contributed by atoms with van der Waals surface area (Å²) in [5.41, 5.74) is 3.37. The van der Waals surface area contributed by atoms with Gasteiger partial charge in [-0.3, -0.25) is 0 Å². The average molecular weight is 166 g/mol. The van der Waals surface area contributed by atoms with Crippen LogP contribution in [-0.4, -0.2) is 0 Å². The van der Waals surface area contributed by atoms with Crippen LogP contribution in [0.25, 0.3) is 0 Å². The molecule has 1 aromatic carbocycles. The molecule has 1 heteroatoms. The average Bonchev–Trinajstić information content (AvgIpc) is 1.96. The molecular weight excluding hydrogens is 151 g/mol. The Balaban J connectivity index is 3.28. The van der Waals surface area contributed by atoms with Gasteiger partial charge in [0.05, 0.1) is 0 Å². The molecule has 0 fully saturated rings. The lowest BCUT2D eigenvalue weighted by Gasteiger charge is -2.11. The summed E-state index contributed by atoms with van der Waals surface area (Å²) in [5.74, 6) is 0.279. The van der Waals surface area contributed by atoms with Gasteiger partial charge >= 0.3 is 0 Å². The summed E-state index contributed by atoms with van der Waals surface area (Å²) in [6.07, 6.45) is 0. The van der Waals surface area contributed by atoms with Gasteiger partial charge in [-0.2, -0.15) is 0 Å². The second-order valence-corrected chi connectivity index (χ2v) is 3.59. The van der Waals surface area contributed by atoms with Crippen molar-refractivity contribution in [2.75, 3.05) is 0 Å². The Morgan fingerprint density at radius 1 is 1.17 bits per heavy atom. The molecule has 0 saturated heterocycles. The molecule has 0 bridgehead atoms. The number of hydrogen-bond acceptors (Lipinski definition) is 0. The Morgan fingerprint density at radius 2 is 1.75 bits per heavy atom. The normalized spacial score (nSPS) is 10.8. The van der Waals surface area contributed by atoms with Crippen LogP contribution in [0.15, 0.2) is 12.1 Å². The van der Waals surface area contributed by atoms with Crippen LogP contribution >= 0.6 is 0 Å². The highest BCUT2D eigenvalue weighted by Crippen LogP contribution is 2.22. The zero-order chi connectivity index (χ0) is 9.30. The molecule has 0 heterocycles. The largest absolute Gasteiger partial charge is 0.207 e. The molecule has 0 saturated carbocycles. The molecule has 0 spiro atoms. The first-order chi connectivity index (χ1) is 5.52. The van der Waals surface area contributed by atoms with Gasteiger partial charge in [-0.15, -0.1) is 0 Å². The lowest BCUT2D eigenvalue weighted by molar-refractivity contribution is 0.621. The molecule has 12 heavy (non-hydrogen) atoms. The fourth-order valence-corrected chi connectivity index (χ4v) is 1.44. The highest BCUT2D eigenvalue weighted by molar-refractivity contribution is 5.35. The zero-order valence-electron chi connectivity index (χ0n) is 8.11. The van der Waals surface area contributed by atoms with Crippen molar-refractivity contribution in [3.63, 3.8) is 0 Å². The maximum atomic E-state index is 13.0. The third kappa shape index (κ3) is 1.66. The van der Waals surface area contributed by atoms with Gasteiger partial charge in [0.15, 0.2) is 0 Å². The third-order valence-electron chi connectivity index (χ3n) is 2.29.